The van der Waals surface area contributed by atoms with Gasteiger partial charge in [-0.15, -0.1) is 0 Å². The first-order valence-electron chi connectivity index (χ1n) is 8.13. The van der Waals surface area contributed by atoms with Gasteiger partial charge in [0.2, 0.25) is 0 Å². The summed E-state index contributed by atoms with van der Waals surface area (Å²) >= 11 is 17.9. The number of anilines is 1. The van der Waals surface area contributed by atoms with Gasteiger partial charge >= 0.3 is 0 Å². The zero-order chi connectivity index (χ0) is 17.6. The molecule has 2 aromatic rings. The molecule has 0 radical (unpaired) electrons. The van der Waals surface area contributed by atoms with E-state index in [4.69, 9.17) is 40.2 Å². The van der Waals surface area contributed by atoms with E-state index in [2.05, 4.69) is 15.2 Å². The molecule has 1 fully saturated rings. The second-order valence-electron chi connectivity index (χ2n) is 5.93. The summed E-state index contributed by atoms with van der Waals surface area (Å²) in [5, 5.41) is 4.98. The van der Waals surface area contributed by atoms with Crippen LogP contribution in [0.1, 0.15) is 18.4 Å². The number of hydrogen-bond donors (Lipinski definition) is 1. The first kappa shape index (κ1) is 18.4. The van der Waals surface area contributed by atoms with Crippen LogP contribution in [0.2, 0.25) is 10.0 Å². The van der Waals surface area contributed by atoms with Crippen molar-refractivity contribution >= 4 is 46.2 Å². The Labute approximate surface area is 163 Å². The van der Waals surface area contributed by atoms with Crippen LogP contribution < -0.4 is 5.32 Å². The molecule has 1 saturated heterocycles. The fourth-order valence-corrected chi connectivity index (χ4v) is 3.34. The lowest BCUT2D eigenvalue weighted by Gasteiger charge is -2.28. The van der Waals surface area contributed by atoms with Gasteiger partial charge in [0.1, 0.15) is 0 Å². The zero-order valence-corrected chi connectivity index (χ0v) is 15.9. The molecule has 1 aliphatic heterocycles. The van der Waals surface area contributed by atoms with E-state index < -0.39 is 0 Å². The minimum Gasteiger partial charge on any atom is -0.376 e. The normalized spacial score (nSPS) is 16.6. The second kappa shape index (κ2) is 8.81. The number of benzene rings is 1. The highest BCUT2D eigenvalue weighted by Crippen LogP contribution is 2.26. The molecule has 7 heteroatoms. The molecule has 1 atom stereocenters. The molecule has 0 saturated carbocycles. The maximum Gasteiger partial charge on any atom is 0.173 e. The molecule has 4 nitrogen and oxygen atoms in total. The summed E-state index contributed by atoms with van der Waals surface area (Å²) in [6, 6.07) is 9.22. The summed E-state index contributed by atoms with van der Waals surface area (Å²) < 4.78 is 5.77. The molecule has 25 heavy (non-hydrogen) atoms. The number of rotatable bonds is 5. The Morgan fingerprint density at radius 3 is 2.96 bits per heavy atom. The van der Waals surface area contributed by atoms with Gasteiger partial charge in [0.25, 0.3) is 0 Å². The molecular formula is C18H19Cl2N3OS. The number of nitrogens with one attached hydrogen (secondary N) is 1. The molecule has 1 N–H and O–H groups in total. The van der Waals surface area contributed by atoms with Crippen molar-refractivity contribution in [2.75, 3.05) is 18.5 Å². The monoisotopic (exact) mass is 395 g/mol. The van der Waals surface area contributed by atoms with E-state index in [9.17, 15) is 0 Å². The van der Waals surface area contributed by atoms with Crippen LogP contribution in [0.5, 0.6) is 0 Å². The molecule has 2 heterocycles. The number of halogens is 2. The average Bonchev–Trinajstić information content (AvgIpc) is 3.11. The first-order chi connectivity index (χ1) is 12.1. The van der Waals surface area contributed by atoms with Crippen LogP contribution in [0.15, 0.2) is 42.7 Å². The maximum atomic E-state index is 6.24. The summed E-state index contributed by atoms with van der Waals surface area (Å²) in [5.74, 6) is 0. The summed E-state index contributed by atoms with van der Waals surface area (Å²) in [6.07, 6.45) is 5.93. The number of ether oxygens (including phenoxy) is 1. The van der Waals surface area contributed by atoms with Crippen molar-refractivity contribution in [3.05, 3.63) is 58.3 Å². The summed E-state index contributed by atoms with van der Waals surface area (Å²) in [5.41, 5.74) is 1.78. The summed E-state index contributed by atoms with van der Waals surface area (Å²) in [4.78, 5) is 6.26. The largest absolute Gasteiger partial charge is 0.376 e. The highest BCUT2D eigenvalue weighted by molar-refractivity contribution is 7.80. The van der Waals surface area contributed by atoms with E-state index in [1.54, 1.807) is 24.4 Å². The quantitative estimate of drug-likeness (QED) is 0.738. The lowest BCUT2D eigenvalue weighted by atomic mass is 10.2. The number of aromatic nitrogens is 1. The Balaban J connectivity index is 1.74. The SMILES string of the molecule is S=C(Nc1cc(Cl)ccc1Cl)N(Cc1cccnc1)C[C@H]1CCCO1. The Kier molecular flexibility index (Phi) is 6.48. The van der Waals surface area contributed by atoms with E-state index >= 15 is 0 Å². The number of pyridine rings is 1. The van der Waals surface area contributed by atoms with Crippen molar-refractivity contribution in [3.63, 3.8) is 0 Å². The smallest absolute Gasteiger partial charge is 0.173 e. The van der Waals surface area contributed by atoms with Gasteiger partial charge in [0, 0.05) is 37.1 Å². The van der Waals surface area contributed by atoms with Crippen molar-refractivity contribution in [1.29, 1.82) is 0 Å². The van der Waals surface area contributed by atoms with Gasteiger partial charge in [-0.05, 0) is 54.9 Å². The van der Waals surface area contributed by atoms with Crippen molar-refractivity contribution in [2.45, 2.75) is 25.5 Å². The average molecular weight is 396 g/mol. The number of nitrogens with zero attached hydrogens (tertiary/aromatic N) is 2. The summed E-state index contributed by atoms with van der Waals surface area (Å²) in [7, 11) is 0. The fourth-order valence-electron chi connectivity index (χ4n) is 2.75. The second-order valence-corrected chi connectivity index (χ2v) is 7.16. The predicted molar refractivity (Wildman–Crippen MR) is 106 cm³/mol. The van der Waals surface area contributed by atoms with Crippen molar-refractivity contribution in [1.82, 2.24) is 9.88 Å². The van der Waals surface area contributed by atoms with E-state index in [1.807, 2.05) is 18.3 Å². The molecule has 1 aliphatic rings. The van der Waals surface area contributed by atoms with E-state index in [0.29, 0.717) is 27.4 Å². The van der Waals surface area contributed by atoms with Gasteiger partial charge in [0.05, 0.1) is 16.8 Å². The van der Waals surface area contributed by atoms with Gasteiger partial charge in [-0.25, -0.2) is 0 Å². The highest BCUT2D eigenvalue weighted by atomic mass is 35.5. The Morgan fingerprint density at radius 1 is 1.36 bits per heavy atom. The molecule has 0 bridgehead atoms. The zero-order valence-electron chi connectivity index (χ0n) is 13.6. The van der Waals surface area contributed by atoms with Crippen molar-refractivity contribution in [3.8, 4) is 0 Å². The van der Waals surface area contributed by atoms with Gasteiger partial charge in [0.15, 0.2) is 5.11 Å². The molecule has 0 aliphatic carbocycles. The topological polar surface area (TPSA) is 37.4 Å². The first-order valence-corrected chi connectivity index (χ1v) is 9.30. The van der Waals surface area contributed by atoms with Crippen LogP contribution in [0, 0.1) is 0 Å². The lowest BCUT2D eigenvalue weighted by molar-refractivity contribution is 0.0905. The number of thiocarbonyl (C=S) groups is 1. The molecule has 0 spiro atoms. The van der Waals surface area contributed by atoms with Crippen LogP contribution in [0.4, 0.5) is 5.69 Å². The van der Waals surface area contributed by atoms with Gasteiger partial charge in [-0.2, -0.15) is 0 Å². The predicted octanol–water partition coefficient (Wildman–Crippen LogP) is 4.77. The summed E-state index contributed by atoms with van der Waals surface area (Å²) in [6.45, 7) is 2.18. The molecule has 0 amide bonds. The third kappa shape index (κ3) is 5.28. The van der Waals surface area contributed by atoms with E-state index in [1.165, 1.54) is 0 Å². The van der Waals surface area contributed by atoms with Crippen LogP contribution in [0.25, 0.3) is 0 Å². The maximum absolute atomic E-state index is 6.24. The van der Waals surface area contributed by atoms with E-state index in [0.717, 1.165) is 31.6 Å². The third-order valence-corrected chi connectivity index (χ3v) is 4.93. The standard InChI is InChI=1S/C18H19Cl2N3OS/c19-14-5-6-16(20)17(9-14)22-18(25)23(12-15-4-2-8-24-15)11-13-3-1-7-21-10-13/h1,3,5-7,9-10,15H,2,4,8,11-12H2,(H,22,25)/t15-/m1/s1. The lowest BCUT2D eigenvalue weighted by Crippen LogP contribution is -2.39. The Morgan fingerprint density at radius 2 is 2.24 bits per heavy atom. The Bertz CT molecular complexity index is 724. The molecular weight excluding hydrogens is 377 g/mol. The molecule has 132 valence electrons. The molecule has 3 rings (SSSR count). The highest BCUT2D eigenvalue weighted by Gasteiger charge is 2.21. The number of hydrogen-bond acceptors (Lipinski definition) is 3. The van der Waals surface area contributed by atoms with Gasteiger partial charge in [-0.1, -0.05) is 29.3 Å². The molecule has 1 aromatic heterocycles. The van der Waals surface area contributed by atoms with Crippen molar-refractivity contribution < 1.29 is 4.74 Å². The van der Waals surface area contributed by atoms with Gasteiger partial charge < -0.3 is 15.0 Å². The van der Waals surface area contributed by atoms with Crippen LogP contribution in [0.3, 0.4) is 0 Å². The van der Waals surface area contributed by atoms with Crippen LogP contribution in [-0.4, -0.2) is 34.3 Å². The minimum atomic E-state index is 0.186. The molecule has 0 unspecified atom stereocenters. The van der Waals surface area contributed by atoms with Crippen LogP contribution >= 0.6 is 35.4 Å². The van der Waals surface area contributed by atoms with E-state index in [-0.39, 0.29) is 6.10 Å². The fraction of sp³-hybridized carbons (Fsp3) is 0.333. The molecule has 1 aromatic carbocycles. The van der Waals surface area contributed by atoms with Gasteiger partial charge in [-0.3, -0.25) is 4.98 Å². The Hall–Kier alpha value is -1.40. The van der Waals surface area contributed by atoms with Crippen LogP contribution in [-0.2, 0) is 11.3 Å². The third-order valence-electron chi connectivity index (χ3n) is 4.00. The van der Waals surface area contributed by atoms with Crippen molar-refractivity contribution in [2.24, 2.45) is 0 Å². The minimum absolute atomic E-state index is 0.186.